The maximum absolute atomic E-state index is 13.1. The van der Waals surface area contributed by atoms with Crippen molar-refractivity contribution < 1.29 is 9.50 Å². The Morgan fingerprint density at radius 3 is 2.45 bits per heavy atom. The maximum atomic E-state index is 13.1. The third kappa shape index (κ3) is 3.57. The number of benzene rings is 1. The fraction of sp³-hybridized carbons (Fsp3) is 0.625. The van der Waals surface area contributed by atoms with Gasteiger partial charge < -0.3 is 10.8 Å². The Morgan fingerprint density at radius 1 is 1.35 bits per heavy atom. The summed E-state index contributed by atoms with van der Waals surface area (Å²) in [5, 5.41) is 9.39. The predicted octanol–water partition coefficient (Wildman–Crippen LogP) is 2.31. The average molecular weight is 280 g/mol. The zero-order chi connectivity index (χ0) is 14.7. The van der Waals surface area contributed by atoms with Gasteiger partial charge in [0.1, 0.15) is 5.82 Å². The molecule has 4 heteroatoms. The number of rotatable bonds is 6. The molecule has 0 bridgehead atoms. The van der Waals surface area contributed by atoms with Crippen molar-refractivity contribution >= 4 is 0 Å². The molecule has 0 amide bonds. The lowest BCUT2D eigenvalue weighted by atomic mass is 9.81. The molecule has 1 aliphatic rings. The molecule has 2 rings (SSSR count). The number of halogens is 1. The van der Waals surface area contributed by atoms with E-state index in [0.29, 0.717) is 5.92 Å². The van der Waals surface area contributed by atoms with Crippen molar-refractivity contribution in [3.8, 4) is 0 Å². The highest BCUT2D eigenvalue weighted by molar-refractivity contribution is 5.21. The number of aliphatic hydroxyl groups is 1. The summed E-state index contributed by atoms with van der Waals surface area (Å²) in [6, 6.07) is 6.74. The van der Waals surface area contributed by atoms with E-state index in [9.17, 15) is 9.50 Å². The van der Waals surface area contributed by atoms with Gasteiger partial charge in [-0.2, -0.15) is 0 Å². The van der Waals surface area contributed by atoms with Crippen LogP contribution in [0.5, 0.6) is 0 Å². The summed E-state index contributed by atoms with van der Waals surface area (Å²) in [4.78, 5) is 2.25. The molecule has 0 aliphatic heterocycles. The molecular formula is C16H25FN2O. The van der Waals surface area contributed by atoms with Gasteiger partial charge >= 0.3 is 0 Å². The van der Waals surface area contributed by atoms with Gasteiger partial charge in [0, 0.05) is 18.6 Å². The van der Waals surface area contributed by atoms with Crippen LogP contribution in [0.2, 0.25) is 0 Å². The van der Waals surface area contributed by atoms with Crippen molar-refractivity contribution in [2.24, 2.45) is 11.7 Å². The quantitative estimate of drug-likeness (QED) is 0.840. The van der Waals surface area contributed by atoms with Crippen LogP contribution in [-0.2, 0) is 0 Å². The Kier molecular flexibility index (Phi) is 5.13. The molecule has 0 saturated heterocycles. The van der Waals surface area contributed by atoms with Crippen molar-refractivity contribution in [3.63, 3.8) is 0 Å². The molecule has 3 nitrogen and oxygen atoms in total. The van der Waals surface area contributed by atoms with Crippen LogP contribution >= 0.6 is 0 Å². The van der Waals surface area contributed by atoms with Crippen molar-refractivity contribution in [3.05, 3.63) is 35.6 Å². The number of hydrogen-bond donors (Lipinski definition) is 2. The van der Waals surface area contributed by atoms with Crippen LogP contribution in [0.1, 0.15) is 37.8 Å². The minimum Gasteiger partial charge on any atom is -0.393 e. The van der Waals surface area contributed by atoms with Gasteiger partial charge in [0.25, 0.3) is 0 Å². The molecule has 1 aromatic rings. The van der Waals surface area contributed by atoms with Crippen molar-refractivity contribution in [1.29, 1.82) is 0 Å². The second kappa shape index (κ2) is 6.66. The van der Waals surface area contributed by atoms with Crippen LogP contribution in [0, 0.1) is 11.7 Å². The highest BCUT2D eigenvalue weighted by Gasteiger charge is 2.31. The van der Waals surface area contributed by atoms with Crippen LogP contribution < -0.4 is 5.73 Å². The molecule has 3 N–H and O–H groups in total. The first-order chi connectivity index (χ1) is 9.51. The normalized spacial score (nSPS) is 25.3. The largest absolute Gasteiger partial charge is 0.393 e. The van der Waals surface area contributed by atoms with Gasteiger partial charge in [0.15, 0.2) is 0 Å². The number of hydrogen-bond acceptors (Lipinski definition) is 3. The third-order valence-electron chi connectivity index (χ3n) is 4.32. The van der Waals surface area contributed by atoms with Gasteiger partial charge in [-0.3, -0.25) is 4.90 Å². The van der Waals surface area contributed by atoms with Gasteiger partial charge in [-0.1, -0.05) is 19.1 Å². The summed E-state index contributed by atoms with van der Waals surface area (Å²) >= 11 is 0. The van der Waals surface area contributed by atoms with Crippen LogP contribution in [0.15, 0.2) is 24.3 Å². The van der Waals surface area contributed by atoms with Crippen LogP contribution in [0.25, 0.3) is 0 Å². The van der Waals surface area contributed by atoms with E-state index < -0.39 is 0 Å². The van der Waals surface area contributed by atoms with E-state index in [4.69, 9.17) is 5.73 Å². The fourth-order valence-corrected chi connectivity index (χ4v) is 3.08. The first-order valence-corrected chi connectivity index (χ1v) is 7.40. The molecule has 1 saturated carbocycles. The van der Waals surface area contributed by atoms with E-state index >= 15 is 0 Å². The zero-order valence-corrected chi connectivity index (χ0v) is 12.3. The Balaban J connectivity index is 2.08. The lowest BCUT2D eigenvalue weighted by Gasteiger charge is -2.39. The first kappa shape index (κ1) is 15.4. The van der Waals surface area contributed by atoms with Gasteiger partial charge in [0.2, 0.25) is 0 Å². The summed E-state index contributed by atoms with van der Waals surface area (Å²) in [6.45, 7) is 2.99. The molecule has 0 spiro atoms. The monoisotopic (exact) mass is 280 g/mol. The summed E-state index contributed by atoms with van der Waals surface area (Å²) in [5.74, 6) is 0.323. The summed E-state index contributed by atoms with van der Waals surface area (Å²) in [6.07, 6.45) is 2.50. The topological polar surface area (TPSA) is 49.5 Å². The summed E-state index contributed by atoms with van der Waals surface area (Å²) in [7, 11) is 2.06. The van der Waals surface area contributed by atoms with Crippen molar-refractivity contribution in [1.82, 2.24) is 4.90 Å². The van der Waals surface area contributed by atoms with E-state index in [2.05, 4.69) is 18.9 Å². The lowest BCUT2D eigenvalue weighted by molar-refractivity contribution is 0.0197. The molecule has 0 heterocycles. The number of nitrogens with two attached hydrogens (primary N) is 1. The second-order valence-corrected chi connectivity index (χ2v) is 6.00. The molecule has 1 aromatic carbocycles. The van der Waals surface area contributed by atoms with E-state index in [-0.39, 0.29) is 24.0 Å². The Hall–Kier alpha value is -0.970. The Morgan fingerprint density at radius 2 is 1.95 bits per heavy atom. The number of nitrogens with zero attached hydrogens (tertiary/aromatic N) is 1. The zero-order valence-electron chi connectivity index (χ0n) is 12.3. The highest BCUT2D eigenvalue weighted by Crippen LogP contribution is 2.31. The van der Waals surface area contributed by atoms with Gasteiger partial charge in [0.05, 0.1) is 6.10 Å². The van der Waals surface area contributed by atoms with Gasteiger partial charge in [-0.25, -0.2) is 4.39 Å². The fourth-order valence-electron chi connectivity index (χ4n) is 3.08. The van der Waals surface area contributed by atoms with Crippen LogP contribution in [0.4, 0.5) is 4.39 Å². The highest BCUT2D eigenvalue weighted by atomic mass is 19.1. The molecule has 112 valence electrons. The van der Waals surface area contributed by atoms with Crippen LogP contribution in [0.3, 0.4) is 0 Å². The molecule has 2 unspecified atom stereocenters. The van der Waals surface area contributed by atoms with Gasteiger partial charge in [-0.05, 0) is 49.9 Å². The molecule has 1 fully saturated rings. The van der Waals surface area contributed by atoms with Crippen LogP contribution in [-0.4, -0.2) is 35.7 Å². The Labute approximate surface area is 120 Å². The standard InChI is InChI=1S/C16H25FN2O/c1-3-15(18)16(12-4-6-13(17)7-5-12)19(2)10-11-8-14(20)9-11/h4-7,11,14-16,20H,3,8-10,18H2,1-2H3. The molecule has 20 heavy (non-hydrogen) atoms. The van der Waals surface area contributed by atoms with E-state index in [1.54, 1.807) is 0 Å². The van der Waals surface area contributed by atoms with Crippen molar-refractivity contribution in [2.45, 2.75) is 44.4 Å². The predicted molar refractivity (Wildman–Crippen MR) is 78.8 cm³/mol. The smallest absolute Gasteiger partial charge is 0.123 e. The van der Waals surface area contributed by atoms with E-state index in [0.717, 1.165) is 31.4 Å². The summed E-state index contributed by atoms with van der Waals surface area (Å²) < 4.78 is 13.1. The van der Waals surface area contributed by atoms with Crippen molar-refractivity contribution in [2.75, 3.05) is 13.6 Å². The number of likely N-dealkylation sites (N-methyl/N-ethyl adjacent to an activating group) is 1. The lowest BCUT2D eigenvalue weighted by Crippen LogP contribution is -2.44. The van der Waals surface area contributed by atoms with E-state index in [1.165, 1.54) is 12.1 Å². The SMILES string of the molecule is CCC(N)C(c1ccc(F)cc1)N(C)CC1CC(O)C1. The average Bonchev–Trinajstić information content (AvgIpc) is 2.39. The molecular weight excluding hydrogens is 255 g/mol. The second-order valence-electron chi connectivity index (χ2n) is 6.00. The minimum absolute atomic E-state index is 0.0236. The Bertz CT molecular complexity index is 417. The first-order valence-electron chi connectivity index (χ1n) is 7.40. The molecule has 0 radical (unpaired) electrons. The maximum Gasteiger partial charge on any atom is 0.123 e. The van der Waals surface area contributed by atoms with E-state index in [1.807, 2.05) is 12.1 Å². The summed E-state index contributed by atoms with van der Waals surface area (Å²) in [5.41, 5.74) is 7.32. The van der Waals surface area contributed by atoms with Gasteiger partial charge in [-0.15, -0.1) is 0 Å². The molecule has 1 aliphatic carbocycles. The molecule has 0 aromatic heterocycles. The number of aliphatic hydroxyl groups excluding tert-OH is 1. The minimum atomic E-state index is -0.220. The molecule has 2 atom stereocenters. The third-order valence-corrected chi connectivity index (χ3v) is 4.32.